The van der Waals surface area contributed by atoms with Gasteiger partial charge < -0.3 is 29.7 Å². The number of aliphatic carboxylic acids is 1. The maximum absolute atomic E-state index is 13.0. The van der Waals surface area contributed by atoms with Crippen molar-refractivity contribution in [2.75, 3.05) is 6.79 Å². The predicted molar refractivity (Wildman–Crippen MR) is 142 cm³/mol. The summed E-state index contributed by atoms with van der Waals surface area (Å²) in [6.45, 7) is 5.16. The summed E-state index contributed by atoms with van der Waals surface area (Å²) in [4.78, 5) is 77.6. The lowest BCUT2D eigenvalue weighted by Crippen LogP contribution is -2.71. The van der Waals surface area contributed by atoms with Gasteiger partial charge in [0.1, 0.15) is 28.9 Å². The quantitative estimate of drug-likeness (QED) is 0.164. The highest BCUT2D eigenvalue weighted by Crippen LogP contribution is 2.51. The Hall–Kier alpha value is -3.18. The molecule has 0 spiro atoms. The van der Waals surface area contributed by atoms with Gasteiger partial charge in [0, 0.05) is 4.75 Å². The molecule has 0 bridgehead atoms. The van der Waals surface area contributed by atoms with E-state index in [0.29, 0.717) is 0 Å². The van der Waals surface area contributed by atoms with Gasteiger partial charge in [-0.05, 0) is 50.1 Å². The summed E-state index contributed by atoms with van der Waals surface area (Å²) in [6.07, 6.45) is -0.212. The molecular formula is C24H27N3O11S3. The molecule has 5 heterocycles. The third-order valence-corrected chi connectivity index (χ3v) is 13.0. The second-order valence-electron chi connectivity index (χ2n) is 11.1. The van der Waals surface area contributed by atoms with Crippen LogP contribution in [0.25, 0.3) is 0 Å². The molecule has 0 aromatic carbocycles. The van der Waals surface area contributed by atoms with Crippen molar-refractivity contribution in [1.82, 2.24) is 15.1 Å². The summed E-state index contributed by atoms with van der Waals surface area (Å²) < 4.78 is 33.1. The van der Waals surface area contributed by atoms with Crippen molar-refractivity contribution in [3.05, 3.63) is 22.4 Å². The second kappa shape index (κ2) is 9.69. The van der Waals surface area contributed by atoms with Crippen LogP contribution in [0.2, 0.25) is 0 Å². The SMILES string of the molecule is CC1(C)S[C@@H]2[C@H](NC(=O)C(C(=O)O)c3ccsc3)C(=O)N2[C@H]1C(=O)OCOC(=O)[C@@H]1N2C(=O)C[C@H]2S(=O)(=O)C1(C)C. The van der Waals surface area contributed by atoms with E-state index in [9.17, 15) is 42.3 Å². The zero-order valence-electron chi connectivity index (χ0n) is 22.3. The number of amides is 3. The highest BCUT2D eigenvalue weighted by Gasteiger charge is 2.68. The van der Waals surface area contributed by atoms with Crippen LogP contribution in [0.1, 0.15) is 45.6 Å². The van der Waals surface area contributed by atoms with E-state index in [1.165, 1.54) is 53.3 Å². The van der Waals surface area contributed by atoms with Gasteiger partial charge in [0.2, 0.25) is 24.5 Å². The monoisotopic (exact) mass is 629 g/mol. The molecule has 1 unspecified atom stereocenters. The average molecular weight is 630 g/mol. The molecule has 6 atom stereocenters. The smallest absolute Gasteiger partial charge is 0.333 e. The number of carboxylic acid groups (broad SMARTS) is 1. The molecule has 222 valence electrons. The predicted octanol–water partition coefficient (Wildman–Crippen LogP) is -0.359. The van der Waals surface area contributed by atoms with E-state index < -0.39 is 96.5 Å². The molecule has 2 N–H and O–H groups in total. The fourth-order valence-electron chi connectivity index (χ4n) is 5.72. The van der Waals surface area contributed by atoms with Crippen LogP contribution in [-0.2, 0) is 48.1 Å². The minimum atomic E-state index is -3.82. The molecule has 4 saturated heterocycles. The standard InChI is InChI=1S/C24H27N3O11S3/c1-23(2)15(21(33)37-9-38-22(34)16-24(3,4)41(35,36)12-7-11(28)26(12)16)27-18(30)14(19(27)40-23)25-17(29)13(20(31)32)10-5-6-39-8-10/h5-6,8,12-16,19H,7,9H2,1-4H3,(H,25,29)(H,31,32)/t12-,13?,14-,15+,16+,19-/m1/s1. The van der Waals surface area contributed by atoms with E-state index in [1.54, 1.807) is 19.2 Å². The number of nitrogens with zero attached hydrogens (tertiary/aromatic N) is 2. The normalized spacial score (nSPS) is 30.8. The fraction of sp³-hybridized carbons (Fsp3) is 0.583. The van der Waals surface area contributed by atoms with E-state index in [1.807, 2.05) is 0 Å². The summed E-state index contributed by atoms with van der Waals surface area (Å²) in [7, 11) is -3.82. The Morgan fingerprint density at radius 3 is 2.29 bits per heavy atom. The number of carbonyl (C=O) groups excluding carboxylic acids is 5. The lowest BCUT2D eigenvalue weighted by atomic mass is 9.95. The van der Waals surface area contributed by atoms with Gasteiger partial charge in [0.25, 0.3) is 0 Å². The highest BCUT2D eigenvalue weighted by molar-refractivity contribution is 8.01. The lowest BCUT2D eigenvalue weighted by molar-refractivity contribution is -0.181. The van der Waals surface area contributed by atoms with E-state index >= 15 is 0 Å². The number of sulfone groups is 1. The van der Waals surface area contributed by atoms with Gasteiger partial charge in [-0.3, -0.25) is 19.2 Å². The van der Waals surface area contributed by atoms with Gasteiger partial charge >= 0.3 is 17.9 Å². The number of carboxylic acids is 1. The second-order valence-corrected chi connectivity index (χ2v) is 16.4. The van der Waals surface area contributed by atoms with Crippen molar-refractivity contribution in [2.45, 2.75) is 78.4 Å². The van der Waals surface area contributed by atoms with Gasteiger partial charge in [0.15, 0.2) is 15.8 Å². The molecule has 4 fully saturated rings. The number of carbonyl (C=O) groups is 6. The molecule has 5 rings (SSSR count). The number of nitrogens with one attached hydrogen (secondary N) is 1. The highest BCUT2D eigenvalue weighted by atomic mass is 32.2. The van der Waals surface area contributed by atoms with Crippen molar-refractivity contribution in [3.63, 3.8) is 0 Å². The zero-order chi connectivity index (χ0) is 30.2. The molecule has 41 heavy (non-hydrogen) atoms. The topological polar surface area (TPSA) is 194 Å². The van der Waals surface area contributed by atoms with Crippen molar-refractivity contribution in [2.24, 2.45) is 0 Å². The van der Waals surface area contributed by atoms with Crippen LogP contribution < -0.4 is 5.32 Å². The van der Waals surface area contributed by atoms with Crippen molar-refractivity contribution in [3.8, 4) is 0 Å². The molecule has 1 aromatic heterocycles. The molecule has 3 amide bonds. The van der Waals surface area contributed by atoms with Gasteiger partial charge in [-0.15, -0.1) is 11.8 Å². The molecule has 1 aromatic rings. The molecule has 0 saturated carbocycles. The van der Waals surface area contributed by atoms with Crippen LogP contribution >= 0.6 is 23.1 Å². The summed E-state index contributed by atoms with van der Waals surface area (Å²) in [6, 6.07) is -2.06. The van der Waals surface area contributed by atoms with Crippen molar-refractivity contribution < 1.29 is 51.8 Å². The average Bonchev–Trinajstić information content (AvgIpc) is 3.50. The summed E-state index contributed by atoms with van der Waals surface area (Å²) in [5.74, 6) is -6.76. The van der Waals surface area contributed by atoms with Gasteiger partial charge in [-0.25, -0.2) is 18.0 Å². The molecule has 14 nitrogen and oxygen atoms in total. The first-order chi connectivity index (χ1) is 19.0. The largest absolute Gasteiger partial charge is 0.480 e. The van der Waals surface area contributed by atoms with Crippen molar-refractivity contribution in [1.29, 1.82) is 0 Å². The Morgan fingerprint density at radius 2 is 1.73 bits per heavy atom. The minimum absolute atomic E-state index is 0.212. The van der Waals surface area contributed by atoms with Crippen molar-refractivity contribution >= 4 is 68.6 Å². The fourth-order valence-corrected chi connectivity index (χ4v) is 10.2. The number of hydrogen-bond donors (Lipinski definition) is 2. The number of thioether (sulfide) groups is 1. The molecular weight excluding hydrogens is 602 g/mol. The first-order valence-electron chi connectivity index (χ1n) is 12.5. The molecule has 4 aliphatic rings. The summed E-state index contributed by atoms with van der Waals surface area (Å²) >= 11 is 2.45. The number of rotatable bonds is 8. The number of esters is 2. The molecule has 0 aliphatic carbocycles. The van der Waals surface area contributed by atoms with E-state index in [2.05, 4.69) is 5.32 Å². The van der Waals surface area contributed by atoms with E-state index in [4.69, 9.17) is 9.47 Å². The molecule has 17 heteroatoms. The van der Waals surface area contributed by atoms with Crippen LogP contribution in [0.15, 0.2) is 16.8 Å². The van der Waals surface area contributed by atoms with Gasteiger partial charge in [0.05, 0.1) is 11.2 Å². The van der Waals surface area contributed by atoms with Crippen LogP contribution in [0.3, 0.4) is 0 Å². The van der Waals surface area contributed by atoms with E-state index in [0.717, 1.165) is 4.90 Å². The number of thiophene rings is 1. The van der Waals surface area contributed by atoms with Gasteiger partial charge in [-0.1, -0.05) is 0 Å². The Labute approximate surface area is 242 Å². The Balaban J connectivity index is 1.21. The third kappa shape index (κ3) is 4.31. The van der Waals surface area contributed by atoms with Crippen LogP contribution in [-0.4, -0.2) is 104 Å². The number of β-lactam (4-membered cyclic amide) rings is 2. The number of hydrogen-bond acceptors (Lipinski definition) is 12. The minimum Gasteiger partial charge on any atom is -0.480 e. The zero-order valence-corrected chi connectivity index (χ0v) is 24.7. The number of ether oxygens (including phenoxy) is 2. The van der Waals surface area contributed by atoms with Crippen LogP contribution in [0.5, 0.6) is 0 Å². The van der Waals surface area contributed by atoms with Gasteiger partial charge in [-0.2, -0.15) is 11.3 Å². The Bertz CT molecular complexity index is 1460. The van der Waals surface area contributed by atoms with Crippen LogP contribution in [0.4, 0.5) is 0 Å². The Morgan fingerprint density at radius 1 is 1.10 bits per heavy atom. The van der Waals surface area contributed by atoms with Crippen LogP contribution in [0, 0.1) is 0 Å². The summed E-state index contributed by atoms with van der Waals surface area (Å²) in [5.41, 5.74) is 0.284. The first-order valence-corrected chi connectivity index (χ1v) is 15.8. The third-order valence-electron chi connectivity index (χ3n) is 7.95. The maximum Gasteiger partial charge on any atom is 0.333 e. The summed E-state index contributed by atoms with van der Waals surface area (Å²) in [5, 5.41) is 13.5. The molecule has 4 aliphatic heterocycles. The molecule has 0 radical (unpaired) electrons. The first kappa shape index (κ1) is 29.3. The lowest BCUT2D eigenvalue weighted by Gasteiger charge is -2.44. The Kier molecular flexibility index (Phi) is 6.93. The van der Waals surface area contributed by atoms with E-state index in [-0.39, 0.29) is 12.0 Å². The number of fused-ring (bicyclic) bond motifs is 2. The maximum atomic E-state index is 13.0.